The van der Waals surface area contributed by atoms with Crippen molar-refractivity contribution in [2.24, 2.45) is 0 Å². The van der Waals surface area contributed by atoms with Crippen LogP contribution in [0, 0.1) is 0 Å². The molecule has 0 aliphatic rings. The lowest BCUT2D eigenvalue weighted by molar-refractivity contribution is 1.11. The molecule has 54 valence electrons. The van der Waals surface area contributed by atoms with Gasteiger partial charge in [0.15, 0.2) is 0 Å². The van der Waals surface area contributed by atoms with Crippen LogP contribution in [0.1, 0.15) is 0 Å². The van der Waals surface area contributed by atoms with Gasteiger partial charge in [0, 0.05) is 12.7 Å². The molecule has 0 spiro atoms. The van der Waals surface area contributed by atoms with Gasteiger partial charge >= 0.3 is 0 Å². The van der Waals surface area contributed by atoms with Crippen molar-refractivity contribution in [1.82, 2.24) is 0 Å². The van der Waals surface area contributed by atoms with Crippen LogP contribution in [0.3, 0.4) is 0 Å². The van der Waals surface area contributed by atoms with Gasteiger partial charge < -0.3 is 4.90 Å². The van der Waals surface area contributed by atoms with E-state index in [1.165, 1.54) is 5.69 Å². The third kappa shape index (κ3) is 1.74. The Morgan fingerprint density at radius 1 is 1.30 bits per heavy atom. The number of halogens is 1. The first-order chi connectivity index (χ1) is 4.84. The minimum atomic E-state index is 0.872. The second kappa shape index (κ2) is 3.62. The van der Waals surface area contributed by atoms with E-state index in [2.05, 4.69) is 33.0 Å². The van der Waals surface area contributed by atoms with Crippen molar-refractivity contribution >= 4 is 21.6 Å². The van der Waals surface area contributed by atoms with E-state index in [0.717, 1.165) is 5.45 Å². The summed E-state index contributed by atoms with van der Waals surface area (Å²) in [6.07, 6.45) is 0. The van der Waals surface area contributed by atoms with E-state index in [-0.39, 0.29) is 0 Å². The van der Waals surface area contributed by atoms with Crippen LogP contribution < -0.4 is 4.90 Å². The molecule has 0 aromatic heterocycles. The van der Waals surface area contributed by atoms with Gasteiger partial charge in [0.05, 0.1) is 5.45 Å². The Balaban J connectivity index is 2.75. The van der Waals surface area contributed by atoms with Crippen molar-refractivity contribution in [2.45, 2.75) is 0 Å². The van der Waals surface area contributed by atoms with Gasteiger partial charge in [-0.05, 0) is 12.1 Å². The number of anilines is 1. The van der Waals surface area contributed by atoms with Crippen LogP contribution in [0.2, 0.25) is 0 Å². The lowest BCUT2D eigenvalue weighted by Crippen LogP contribution is -2.13. The summed E-state index contributed by atoms with van der Waals surface area (Å²) in [4.78, 5) is 2.12. The van der Waals surface area contributed by atoms with E-state index in [9.17, 15) is 0 Å². The van der Waals surface area contributed by atoms with Crippen LogP contribution in [0.4, 0.5) is 5.69 Å². The highest BCUT2D eigenvalue weighted by molar-refractivity contribution is 9.09. The maximum Gasteiger partial charge on any atom is 0.0732 e. The largest absolute Gasteiger partial charge is 0.365 e. The van der Waals surface area contributed by atoms with Crippen LogP contribution in [0.25, 0.3) is 0 Å². The van der Waals surface area contributed by atoms with Crippen molar-refractivity contribution < 1.29 is 0 Å². The summed E-state index contributed by atoms with van der Waals surface area (Å²) in [6, 6.07) is 10.3. The lowest BCUT2D eigenvalue weighted by Gasteiger charge is -2.14. The van der Waals surface area contributed by atoms with E-state index in [1.807, 2.05) is 25.2 Å². The summed E-state index contributed by atoms with van der Waals surface area (Å²) in [5, 5.41) is 0. The zero-order chi connectivity index (χ0) is 7.40. The maximum atomic E-state index is 3.38. The van der Waals surface area contributed by atoms with Gasteiger partial charge in [-0.2, -0.15) is 0 Å². The van der Waals surface area contributed by atoms with Gasteiger partial charge in [-0.15, -0.1) is 0 Å². The fourth-order valence-electron chi connectivity index (χ4n) is 0.751. The summed E-state index contributed by atoms with van der Waals surface area (Å²) in [6.45, 7) is 0. The molecule has 0 unspecified atom stereocenters. The molecule has 1 nitrogen and oxygen atoms in total. The highest BCUT2D eigenvalue weighted by atomic mass is 79.9. The Labute approximate surface area is 69.8 Å². The Hall–Kier alpha value is -0.500. The molecule has 0 bridgehead atoms. The van der Waals surface area contributed by atoms with E-state index in [4.69, 9.17) is 0 Å². The molecule has 0 heterocycles. The summed E-state index contributed by atoms with van der Waals surface area (Å²) < 4.78 is 0. The molecule has 0 fully saturated rings. The number of alkyl halides is 1. The third-order valence-electron chi connectivity index (χ3n) is 1.38. The van der Waals surface area contributed by atoms with E-state index in [0.29, 0.717) is 0 Å². The smallest absolute Gasteiger partial charge is 0.0732 e. The molecule has 0 atom stereocenters. The van der Waals surface area contributed by atoms with Crippen molar-refractivity contribution in [3.63, 3.8) is 0 Å². The minimum Gasteiger partial charge on any atom is -0.365 e. The van der Waals surface area contributed by atoms with E-state index < -0.39 is 0 Å². The number of rotatable bonds is 2. The number of hydrogen-bond acceptors (Lipinski definition) is 1. The predicted molar refractivity (Wildman–Crippen MR) is 48.6 cm³/mol. The average Bonchev–Trinajstić information content (AvgIpc) is 2.05. The molecule has 1 aromatic carbocycles. The average molecular weight is 200 g/mol. The van der Waals surface area contributed by atoms with Crippen LogP contribution in [-0.2, 0) is 0 Å². The van der Waals surface area contributed by atoms with Crippen molar-refractivity contribution in [2.75, 3.05) is 17.4 Å². The van der Waals surface area contributed by atoms with Gasteiger partial charge in [0.25, 0.3) is 0 Å². The van der Waals surface area contributed by atoms with E-state index in [1.54, 1.807) is 0 Å². The van der Waals surface area contributed by atoms with Gasteiger partial charge in [-0.3, -0.25) is 0 Å². The Morgan fingerprint density at radius 3 is 2.40 bits per heavy atom. The zero-order valence-corrected chi connectivity index (χ0v) is 7.51. The molecular weight excluding hydrogens is 190 g/mol. The quantitative estimate of drug-likeness (QED) is 0.523. The first-order valence-electron chi connectivity index (χ1n) is 3.16. The summed E-state index contributed by atoms with van der Waals surface area (Å²) >= 11 is 3.38. The zero-order valence-electron chi connectivity index (χ0n) is 5.92. The highest BCUT2D eigenvalue weighted by Gasteiger charge is 1.93. The van der Waals surface area contributed by atoms with Gasteiger partial charge in [-0.25, -0.2) is 0 Å². The molecule has 1 rings (SSSR count). The molecule has 0 amide bonds. The SMILES string of the molecule is CN(CBr)c1ccccc1. The molecule has 0 N–H and O–H groups in total. The van der Waals surface area contributed by atoms with E-state index >= 15 is 0 Å². The maximum absolute atomic E-state index is 3.38. The monoisotopic (exact) mass is 199 g/mol. The number of hydrogen-bond donors (Lipinski definition) is 0. The summed E-state index contributed by atoms with van der Waals surface area (Å²) in [5.41, 5.74) is 2.11. The third-order valence-corrected chi connectivity index (χ3v) is 2.13. The second-order valence-corrected chi connectivity index (χ2v) is 2.65. The Kier molecular flexibility index (Phi) is 2.75. The molecule has 0 aliphatic carbocycles. The minimum absolute atomic E-state index is 0.872. The molecule has 2 heteroatoms. The normalized spacial score (nSPS) is 9.40. The number of benzene rings is 1. The fourth-order valence-corrected chi connectivity index (χ4v) is 1.04. The lowest BCUT2D eigenvalue weighted by atomic mass is 10.3. The van der Waals surface area contributed by atoms with Crippen molar-refractivity contribution in [3.8, 4) is 0 Å². The van der Waals surface area contributed by atoms with Gasteiger partial charge in [-0.1, -0.05) is 34.1 Å². The molecule has 0 aliphatic heterocycles. The first-order valence-corrected chi connectivity index (χ1v) is 4.29. The van der Waals surface area contributed by atoms with Crippen LogP contribution in [-0.4, -0.2) is 12.5 Å². The van der Waals surface area contributed by atoms with Crippen LogP contribution >= 0.6 is 15.9 Å². The van der Waals surface area contributed by atoms with Crippen molar-refractivity contribution in [1.29, 1.82) is 0 Å². The molecule has 0 saturated heterocycles. The highest BCUT2D eigenvalue weighted by Crippen LogP contribution is 2.10. The van der Waals surface area contributed by atoms with Crippen LogP contribution in [0.15, 0.2) is 30.3 Å². The standard InChI is InChI=1S/C8H10BrN/c1-10(7-9)8-5-3-2-4-6-8/h2-6H,7H2,1H3. The number of nitrogens with zero attached hydrogens (tertiary/aromatic N) is 1. The molecular formula is C8H10BrN. The topological polar surface area (TPSA) is 3.24 Å². The van der Waals surface area contributed by atoms with Crippen LogP contribution in [0.5, 0.6) is 0 Å². The Morgan fingerprint density at radius 2 is 1.90 bits per heavy atom. The fraction of sp³-hybridized carbons (Fsp3) is 0.250. The second-order valence-electron chi connectivity index (χ2n) is 2.15. The Bertz CT molecular complexity index is 186. The molecule has 1 aromatic rings. The summed E-state index contributed by atoms with van der Waals surface area (Å²) in [7, 11) is 2.05. The summed E-state index contributed by atoms with van der Waals surface area (Å²) in [5.74, 6) is 0. The van der Waals surface area contributed by atoms with Crippen molar-refractivity contribution in [3.05, 3.63) is 30.3 Å². The van der Waals surface area contributed by atoms with Gasteiger partial charge in [0.2, 0.25) is 0 Å². The van der Waals surface area contributed by atoms with Gasteiger partial charge in [0.1, 0.15) is 0 Å². The predicted octanol–water partition coefficient (Wildman–Crippen LogP) is 2.48. The molecule has 10 heavy (non-hydrogen) atoms. The molecule has 0 radical (unpaired) electrons. The molecule has 0 saturated carbocycles. The number of para-hydroxylation sites is 1. The first kappa shape index (κ1) is 7.61.